The fourth-order valence-corrected chi connectivity index (χ4v) is 2.04. The van der Waals surface area contributed by atoms with Crippen LogP contribution in [-0.4, -0.2) is 9.97 Å². The Balaban J connectivity index is 2.38. The van der Waals surface area contributed by atoms with Gasteiger partial charge < -0.3 is 0 Å². The van der Waals surface area contributed by atoms with Gasteiger partial charge in [0.05, 0.1) is 5.52 Å². The Morgan fingerprint density at radius 1 is 1.33 bits per heavy atom. The Morgan fingerprint density at radius 3 is 3.20 bits per heavy atom. The molecule has 1 N–H and O–H groups in total. The first-order valence-electron chi connectivity index (χ1n) is 4.65. The Morgan fingerprint density at radius 2 is 2.27 bits per heavy atom. The summed E-state index contributed by atoms with van der Waals surface area (Å²) in [6.45, 7) is 0.504. The maximum Gasteiger partial charge on any atom is 0.131 e. The topological polar surface area (TPSA) is 34.1 Å². The molecule has 0 bridgehead atoms. The van der Waals surface area contributed by atoms with Crippen molar-refractivity contribution < 1.29 is 4.84 Å². The van der Waals surface area contributed by atoms with E-state index in [0.29, 0.717) is 11.6 Å². The van der Waals surface area contributed by atoms with Gasteiger partial charge in [0.15, 0.2) is 0 Å². The normalized spacial score (nSPS) is 14.8. The maximum absolute atomic E-state index is 5.19. The number of aromatic nitrogens is 1. The van der Waals surface area contributed by atoms with Gasteiger partial charge in [-0.05, 0) is 6.07 Å². The molecule has 1 aromatic heterocycles. The molecule has 4 heteroatoms. The van der Waals surface area contributed by atoms with Gasteiger partial charge in [0.25, 0.3) is 0 Å². The molecule has 0 amide bonds. The van der Waals surface area contributed by atoms with Crippen LogP contribution in [0.3, 0.4) is 0 Å². The molecular formula is C11H8N2OS. The summed E-state index contributed by atoms with van der Waals surface area (Å²) < 4.78 is 0. The van der Waals surface area contributed by atoms with Gasteiger partial charge in [-0.25, -0.2) is 0 Å². The maximum atomic E-state index is 5.19. The highest BCUT2D eigenvalue weighted by Crippen LogP contribution is 2.23. The first kappa shape index (κ1) is 8.76. The van der Waals surface area contributed by atoms with Crippen LogP contribution in [0.25, 0.3) is 10.9 Å². The van der Waals surface area contributed by atoms with Crippen molar-refractivity contribution in [2.45, 2.75) is 6.61 Å². The third kappa shape index (κ3) is 1.30. The lowest BCUT2D eigenvalue weighted by Gasteiger charge is -2.19. The molecule has 3 nitrogen and oxygen atoms in total. The van der Waals surface area contributed by atoms with Crippen LogP contribution in [-0.2, 0) is 11.4 Å². The summed E-state index contributed by atoms with van der Waals surface area (Å²) in [6.07, 6.45) is 1.79. The largest absolute Gasteiger partial charge is 0.270 e. The number of nitrogens with zero attached hydrogens (tertiary/aromatic N) is 1. The van der Waals surface area contributed by atoms with Crippen LogP contribution in [0.2, 0.25) is 0 Å². The molecule has 0 spiro atoms. The molecule has 0 saturated heterocycles. The summed E-state index contributed by atoms with van der Waals surface area (Å²) >= 11 is 5.16. The van der Waals surface area contributed by atoms with Crippen molar-refractivity contribution in [1.82, 2.24) is 10.5 Å². The van der Waals surface area contributed by atoms with Crippen LogP contribution < -0.4 is 5.48 Å². The average Bonchev–Trinajstić information content (AvgIpc) is 2.29. The molecule has 74 valence electrons. The molecule has 0 unspecified atom stereocenters. The zero-order valence-electron chi connectivity index (χ0n) is 7.86. The molecule has 0 aliphatic carbocycles. The molecule has 2 aromatic rings. The molecule has 15 heavy (non-hydrogen) atoms. The van der Waals surface area contributed by atoms with E-state index >= 15 is 0 Å². The van der Waals surface area contributed by atoms with E-state index in [0.717, 1.165) is 22.0 Å². The number of benzene rings is 1. The van der Waals surface area contributed by atoms with Crippen LogP contribution in [0, 0.1) is 0 Å². The van der Waals surface area contributed by atoms with Gasteiger partial charge in [-0.2, -0.15) is 0 Å². The summed E-state index contributed by atoms with van der Waals surface area (Å²) in [4.78, 5) is 10.2. The van der Waals surface area contributed by atoms with Crippen LogP contribution >= 0.6 is 12.2 Å². The molecule has 0 fully saturated rings. The minimum atomic E-state index is 0.504. The fraction of sp³-hybridized carbons (Fsp3) is 0.0909. The summed E-state index contributed by atoms with van der Waals surface area (Å²) in [5, 5.41) is 1.12. The van der Waals surface area contributed by atoms with Gasteiger partial charge >= 0.3 is 0 Å². The predicted octanol–water partition coefficient (Wildman–Crippen LogP) is 1.95. The van der Waals surface area contributed by atoms with Crippen LogP contribution in [0.1, 0.15) is 11.1 Å². The van der Waals surface area contributed by atoms with Crippen molar-refractivity contribution in [1.29, 1.82) is 0 Å². The SMILES string of the molecule is S=C1NOCc2c1ccc1cccnc21. The summed E-state index contributed by atoms with van der Waals surface area (Å²) in [5.41, 5.74) is 5.76. The van der Waals surface area contributed by atoms with Crippen molar-refractivity contribution in [3.8, 4) is 0 Å². The van der Waals surface area contributed by atoms with E-state index in [2.05, 4.69) is 10.5 Å². The van der Waals surface area contributed by atoms with Crippen molar-refractivity contribution in [3.63, 3.8) is 0 Å². The van der Waals surface area contributed by atoms with Crippen molar-refractivity contribution in [2.24, 2.45) is 0 Å². The van der Waals surface area contributed by atoms with Crippen LogP contribution in [0.4, 0.5) is 0 Å². The average molecular weight is 216 g/mol. The first-order chi connectivity index (χ1) is 7.36. The molecule has 1 aliphatic rings. The van der Waals surface area contributed by atoms with E-state index < -0.39 is 0 Å². The van der Waals surface area contributed by atoms with Crippen molar-refractivity contribution in [3.05, 3.63) is 41.6 Å². The standard InChI is InChI=1S/C11H8N2OS/c15-11-8-4-3-7-2-1-5-12-10(7)9(8)6-14-13-11/h1-5H,6H2,(H,13,15). The molecule has 0 radical (unpaired) electrons. The Hall–Kier alpha value is -1.52. The molecule has 2 heterocycles. The second-order valence-corrected chi connectivity index (χ2v) is 3.79. The Bertz CT molecular complexity index is 553. The minimum Gasteiger partial charge on any atom is -0.270 e. The zero-order chi connectivity index (χ0) is 10.3. The van der Waals surface area contributed by atoms with Gasteiger partial charge in [0, 0.05) is 22.7 Å². The van der Waals surface area contributed by atoms with Crippen molar-refractivity contribution in [2.75, 3.05) is 0 Å². The summed E-state index contributed by atoms with van der Waals surface area (Å²) in [5.74, 6) is 0. The second-order valence-electron chi connectivity index (χ2n) is 3.39. The third-order valence-corrected chi connectivity index (χ3v) is 2.81. The second kappa shape index (κ2) is 3.25. The van der Waals surface area contributed by atoms with Gasteiger partial charge in [0.2, 0.25) is 0 Å². The molecule has 0 saturated carbocycles. The lowest BCUT2D eigenvalue weighted by Crippen LogP contribution is -2.29. The Kier molecular flexibility index (Phi) is 1.90. The third-order valence-electron chi connectivity index (χ3n) is 2.51. The molecular weight excluding hydrogens is 208 g/mol. The number of hydroxylamine groups is 1. The van der Waals surface area contributed by atoms with Crippen LogP contribution in [0.5, 0.6) is 0 Å². The predicted molar refractivity (Wildman–Crippen MR) is 61.4 cm³/mol. The van der Waals surface area contributed by atoms with E-state index in [1.165, 1.54) is 0 Å². The lowest BCUT2D eigenvalue weighted by atomic mass is 10.0. The number of rotatable bonds is 0. The molecule has 1 aromatic carbocycles. The quantitative estimate of drug-likeness (QED) is 0.682. The first-order valence-corrected chi connectivity index (χ1v) is 5.06. The van der Waals surface area contributed by atoms with E-state index in [1.54, 1.807) is 6.20 Å². The number of pyridine rings is 1. The van der Waals surface area contributed by atoms with Crippen molar-refractivity contribution >= 4 is 28.1 Å². The highest BCUT2D eigenvalue weighted by Gasteiger charge is 2.16. The number of hydrogen-bond donors (Lipinski definition) is 1. The number of fused-ring (bicyclic) bond motifs is 3. The number of thiocarbonyl (C=S) groups is 1. The van der Waals surface area contributed by atoms with E-state index in [-0.39, 0.29) is 0 Å². The zero-order valence-corrected chi connectivity index (χ0v) is 8.67. The minimum absolute atomic E-state index is 0.504. The fourth-order valence-electron chi connectivity index (χ4n) is 1.79. The molecule has 0 atom stereocenters. The van der Waals surface area contributed by atoms with E-state index in [4.69, 9.17) is 17.1 Å². The number of hydrogen-bond acceptors (Lipinski definition) is 3. The summed E-state index contributed by atoms with van der Waals surface area (Å²) in [6, 6.07) is 8.00. The number of nitrogens with one attached hydrogen (secondary N) is 1. The molecule has 3 rings (SSSR count). The highest BCUT2D eigenvalue weighted by molar-refractivity contribution is 7.80. The van der Waals surface area contributed by atoms with Gasteiger partial charge in [-0.1, -0.05) is 30.4 Å². The van der Waals surface area contributed by atoms with E-state index in [9.17, 15) is 0 Å². The Labute approximate surface area is 92.0 Å². The monoisotopic (exact) mass is 216 g/mol. The van der Waals surface area contributed by atoms with E-state index in [1.807, 2.05) is 24.3 Å². The van der Waals surface area contributed by atoms with Gasteiger partial charge in [-0.15, -0.1) is 0 Å². The van der Waals surface area contributed by atoms with Gasteiger partial charge in [0.1, 0.15) is 11.6 Å². The highest BCUT2D eigenvalue weighted by atomic mass is 32.1. The summed E-state index contributed by atoms with van der Waals surface area (Å²) in [7, 11) is 0. The van der Waals surface area contributed by atoms with Gasteiger partial charge in [-0.3, -0.25) is 15.3 Å². The molecule has 1 aliphatic heterocycles. The lowest BCUT2D eigenvalue weighted by molar-refractivity contribution is 0.0678. The van der Waals surface area contributed by atoms with Crippen LogP contribution in [0.15, 0.2) is 30.5 Å². The smallest absolute Gasteiger partial charge is 0.131 e.